The van der Waals surface area contributed by atoms with Crippen molar-refractivity contribution in [2.24, 2.45) is 0 Å². The Bertz CT molecular complexity index is 1230. The van der Waals surface area contributed by atoms with Gasteiger partial charge in [0.05, 0.1) is 6.42 Å². The highest BCUT2D eigenvalue weighted by Gasteiger charge is 2.31. The predicted molar refractivity (Wildman–Crippen MR) is 137 cm³/mol. The molecule has 3 aromatic carbocycles. The van der Waals surface area contributed by atoms with Crippen LogP contribution in [0.3, 0.4) is 0 Å². The minimum absolute atomic E-state index is 0.151. The van der Waals surface area contributed by atoms with Gasteiger partial charge in [-0.05, 0) is 40.5 Å². The zero-order valence-corrected chi connectivity index (χ0v) is 19.9. The lowest BCUT2D eigenvalue weighted by atomic mass is 10.0. The van der Waals surface area contributed by atoms with Gasteiger partial charge in [0.2, 0.25) is 11.8 Å². The van der Waals surface area contributed by atoms with Gasteiger partial charge in [-0.2, -0.15) is 0 Å². The van der Waals surface area contributed by atoms with Gasteiger partial charge >= 0.3 is 0 Å². The van der Waals surface area contributed by atoms with Crippen LogP contribution in [-0.4, -0.2) is 21.7 Å². The molecular formula is C29H26ClN3O2. The van der Waals surface area contributed by atoms with E-state index in [-0.39, 0.29) is 18.2 Å². The number of hydrogen-bond acceptors (Lipinski definition) is 3. The second-order valence-corrected chi connectivity index (χ2v) is 8.64. The third-order valence-corrected chi connectivity index (χ3v) is 5.90. The molecule has 4 aromatic rings. The van der Waals surface area contributed by atoms with Gasteiger partial charge in [-0.3, -0.25) is 14.6 Å². The summed E-state index contributed by atoms with van der Waals surface area (Å²) in [6, 6.07) is 29.2. The highest BCUT2D eigenvalue weighted by molar-refractivity contribution is 6.30. The van der Waals surface area contributed by atoms with Gasteiger partial charge in [0.1, 0.15) is 6.04 Å². The Kier molecular flexibility index (Phi) is 8.25. The molecule has 1 atom stereocenters. The smallest absolute Gasteiger partial charge is 0.247 e. The van der Waals surface area contributed by atoms with E-state index in [1.807, 2.05) is 84.9 Å². The normalized spacial score (nSPS) is 11.5. The Morgan fingerprint density at radius 2 is 1.46 bits per heavy atom. The molecule has 0 radical (unpaired) electrons. The molecule has 1 heterocycles. The van der Waals surface area contributed by atoms with Gasteiger partial charge in [0, 0.05) is 30.5 Å². The van der Waals surface area contributed by atoms with Crippen molar-refractivity contribution in [3.8, 4) is 0 Å². The second-order valence-electron chi connectivity index (χ2n) is 8.20. The van der Waals surface area contributed by atoms with E-state index in [2.05, 4.69) is 10.3 Å². The van der Waals surface area contributed by atoms with E-state index in [0.717, 1.165) is 22.3 Å². The summed E-state index contributed by atoms with van der Waals surface area (Å²) in [6.45, 7) is 0.619. The lowest BCUT2D eigenvalue weighted by Crippen LogP contribution is -2.43. The Labute approximate surface area is 210 Å². The van der Waals surface area contributed by atoms with Crippen LogP contribution in [-0.2, 0) is 29.1 Å². The predicted octanol–water partition coefficient (Wildman–Crippen LogP) is 5.36. The number of pyridine rings is 1. The van der Waals surface area contributed by atoms with Crippen molar-refractivity contribution in [2.45, 2.75) is 25.6 Å². The van der Waals surface area contributed by atoms with Crippen molar-refractivity contribution in [3.05, 3.63) is 137 Å². The molecule has 0 bridgehead atoms. The van der Waals surface area contributed by atoms with Gasteiger partial charge in [0.15, 0.2) is 0 Å². The number of hydrogen-bond donors (Lipinski definition) is 1. The van der Waals surface area contributed by atoms with Gasteiger partial charge in [-0.15, -0.1) is 0 Å². The van der Waals surface area contributed by atoms with E-state index in [1.165, 1.54) is 0 Å². The number of amides is 2. The molecule has 0 fully saturated rings. The van der Waals surface area contributed by atoms with E-state index in [4.69, 9.17) is 11.6 Å². The average Bonchev–Trinajstić information content (AvgIpc) is 2.90. The Balaban J connectivity index is 1.66. The van der Waals surface area contributed by atoms with Crippen LogP contribution in [0.25, 0.3) is 0 Å². The van der Waals surface area contributed by atoms with Gasteiger partial charge in [0.25, 0.3) is 0 Å². The second kappa shape index (κ2) is 12.0. The standard InChI is InChI=1S/C29H26ClN3O2/c30-26-15-13-22(14-16-26)18-27(34)33(21-23-8-3-1-4-9-23)28(25-11-5-2-6-12-25)29(35)32-20-24-10-7-17-31-19-24/h1-17,19,28H,18,20-21H2,(H,32,35). The maximum atomic E-state index is 13.7. The van der Waals surface area contributed by atoms with Crippen molar-refractivity contribution < 1.29 is 9.59 Å². The summed E-state index contributed by atoms with van der Waals surface area (Å²) in [5, 5.41) is 3.61. The first-order valence-corrected chi connectivity index (χ1v) is 11.8. The lowest BCUT2D eigenvalue weighted by Gasteiger charge is -2.32. The fourth-order valence-corrected chi connectivity index (χ4v) is 4.00. The van der Waals surface area contributed by atoms with E-state index in [9.17, 15) is 9.59 Å². The summed E-state index contributed by atoms with van der Waals surface area (Å²) >= 11 is 6.02. The molecule has 4 rings (SSSR count). The largest absolute Gasteiger partial charge is 0.350 e. The number of carbonyl (C=O) groups excluding carboxylic acids is 2. The Morgan fingerprint density at radius 3 is 2.11 bits per heavy atom. The number of rotatable bonds is 9. The average molecular weight is 484 g/mol. The number of aromatic nitrogens is 1. The fourth-order valence-electron chi connectivity index (χ4n) is 3.88. The highest BCUT2D eigenvalue weighted by atomic mass is 35.5. The molecule has 35 heavy (non-hydrogen) atoms. The van der Waals surface area contributed by atoms with Crippen molar-refractivity contribution >= 4 is 23.4 Å². The van der Waals surface area contributed by atoms with E-state index < -0.39 is 6.04 Å². The molecule has 0 aliphatic carbocycles. The van der Waals surface area contributed by atoms with E-state index >= 15 is 0 Å². The minimum Gasteiger partial charge on any atom is -0.350 e. The van der Waals surface area contributed by atoms with Crippen LogP contribution in [0.4, 0.5) is 0 Å². The molecule has 176 valence electrons. The number of nitrogens with zero attached hydrogens (tertiary/aromatic N) is 2. The highest BCUT2D eigenvalue weighted by Crippen LogP contribution is 2.25. The number of halogens is 1. The van der Waals surface area contributed by atoms with Crippen LogP contribution < -0.4 is 5.32 Å². The van der Waals surface area contributed by atoms with Crippen LogP contribution in [0, 0.1) is 0 Å². The third-order valence-electron chi connectivity index (χ3n) is 5.65. The molecule has 1 aromatic heterocycles. The Morgan fingerprint density at radius 1 is 0.800 bits per heavy atom. The van der Waals surface area contributed by atoms with Gasteiger partial charge in [-0.25, -0.2) is 0 Å². The fraction of sp³-hybridized carbons (Fsp3) is 0.138. The zero-order valence-electron chi connectivity index (χ0n) is 19.2. The summed E-state index contributed by atoms with van der Waals surface area (Å²) in [4.78, 5) is 33.1. The zero-order chi connectivity index (χ0) is 24.5. The summed E-state index contributed by atoms with van der Waals surface area (Å²) in [5.41, 5.74) is 3.41. The van der Waals surface area contributed by atoms with Crippen LogP contribution in [0.5, 0.6) is 0 Å². The van der Waals surface area contributed by atoms with E-state index in [0.29, 0.717) is 18.1 Å². The maximum absolute atomic E-state index is 13.7. The first kappa shape index (κ1) is 24.2. The van der Waals surface area contributed by atoms with Crippen LogP contribution in [0.15, 0.2) is 109 Å². The SMILES string of the molecule is O=C(NCc1cccnc1)C(c1ccccc1)N(Cc1ccccc1)C(=O)Cc1ccc(Cl)cc1. The lowest BCUT2D eigenvalue weighted by molar-refractivity contribution is -0.141. The number of nitrogens with one attached hydrogen (secondary N) is 1. The quantitative estimate of drug-likeness (QED) is 0.348. The molecular weight excluding hydrogens is 458 g/mol. The topological polar surface area (TPSA) is 62.3 Å². The van der Waals surface area contributed by atoms with Gasteiger partial charge in [-0.1, -0.05) is 90.5 Å². The Hall–Kier alpha value is -3.96. The summed E-state index contributed by atoms with van der Waals surface area (Å²) in [7, 11) is 0. The van der Waals surface area contributed by atoms with Crippen molar-refractivity contribution in [2.75, 3.05) is 0 Å². The molecule has 0 spiro atoms. The van der Waals surface area contributed by atoms with E-state index in [1.54, 1.807) is 29.4 Å². The van der Waals surface area contributed by atoms with Crippen molar-refractivity contribution in [1.82, 2.24) is 15.2 Å². The molecule has 0 aliphatic rings. The summed E-state index contributed by atoms with van der Waals surface area (Å²) < 4.78 is 0. The number of carbonyl (C=O) groups is 2. The van der Waals surface area contributed by atoms with Crippen LogP contribution >= 0.6 is 11.6 Å². The van der Waals surface area contributed by atoms with Crippen molar-refractivity contribution in [3.63, 3.8) is 0 Å². The summed E-state index contributed by atoms with van der Waals surface area (Å²) in [6.07, 6.45) is 3.56. The first-order chi connectivity index (χ1) is 17.1. The molecule has 5 nitrogen and oxygen atoms in total. The molecule has 1 unspecified atom stereocenters. The van der Waals surface area contributed by atoms with Crippen LogP contribution in [0.1, 0.15) is 28.3 Å². The molecule has 0 saturated heterocycles. The third kappa shape index (κ3) is 6.78. The van der Waals surface area contributed by atoms with Gasteiger partial charge < -0.3 is 10.2 Å². The molecule has 6 heteroatoms. The van der Waals surface area contributed by atoms with Crippen LogP contribution in [0.2, 0.25) is 5.02 Å². The molecule has 0 saturated carbocycles. The summed E-state index contributed by atoms with van der Waals surface area (Å²) in [5.74, 6) is -0.401. The van der Waals surface area contributed by atoms with Crippen molar-refractivity contribution in [1.29, 1.82) is 0 Å². The monoisotopic (exact) mass is 483 g/mol. The number of benzene rings is 3. The minimum atomic E-state index is -0.798. The molecule has 1 N–H and O–H groups in total. The first-order valence-electron chi connectivity index (χ1n) is 11.4. The molecule has 0 aliphatic heterocycles. The molecule has 2 amide bonds. The maximum Gasteiger partial charge on any atom is 0.247 e.